The van der Waals surface area contributed by atoms with Crippen LogP contribution in [0.1, 0.15) is 53.4 Å². The second-order valence-corrected chi connectivity index (χ2v) is 6.53. The molecule has 0 bridgehead atoms. The van der Waals surface area contributed by atoms with E-state index < -0.39 is 0 Å². The number of esters is 1. The quantitative estimate of drug-likeness (QED) is 0.572. The van der Waals surface area contributed by atoms with E-state index in [9.17, 15) is 9.59 Å². The molecule has 2 rings (SSSR count). The highest BCUT2D eigenvalue weighted by molar-refractivity contribution is 5.96. The van der Waals surface area contributed by atoms with Crippen molar-refractivity contribution >= 4 is 11.8 Å². The number of ketones is 1. The van der Waals surface area contributed by atoms with Crippen LogP contribution in [-0.4, -0.2) is 17.9 Å². The third kappa shape index (κ3) is 2.46. The average molecular weight is 276 g/mol. The van der Waals surface area contributed by atoms with Gasteiger partial charge in [-0.15, -0.1) is 0 Å². The van der Waals surface area contributed by atoms with Gasteiger partial charge in [0.05, 0.1) is 0 Å². The lowest BCUT2D eigenvalue weighted by Crippen LogP contribution is -2.46. The molecular weight excluding hydrogens is 252 g/mol. The van der Waals surface area contributed by atoms with Gasteiger partial charge in [-0.05, 0) is 44.6 Å². The predicted molar refractivity (Wildman–Crippen MR) is 78.1 cm³/mol. The van der Waals surface area contributed by atoms with E-state index in [-0.39, 0.29) is 23.3 Å². The Balaban J connectivity index is 2.44. The van der Waals surface area contributed by atoms with Crippen LogP contribution in [0.3, 0.4) is 0 Å². The molecule has 0 aliphatic heterocycles. The minimum absolute atomic E-state index is 0.145. The number of carbonyl (C=O) groups excluding carboxylic acids is 2. The monoisotopic (exact) mass is 276 g/mol. The molecule has 1 saturated carbocycles. The third-order valence-corrected chi connectivity index (χ3v) is 5.10. The topological polar surface area (TPSA) is 43.4 Å². The highest BCUT2D eigenvalue weighted by atomic mass is 16.5. The number of hydrogen-bond acceptors (Lipinski definition) is 3. The molecule has 2 aliphatic carbocycles. The highest BCUT2D eigenvalue weighted by Gasteiger charge is 2.48. The Labute approximate surface area is 121 Å². The van der Waals surface area contributed by atoms with Crippen molar-refractivity contribution < 1.29 is 14.3 Å². The maximum absolute atomic E-state index is 12.0. The first-order valence-corrected chi connectivity index (χ1v) is 7.31. The molecule has 2 aliphatic rings. The molecule has 1 fully saturated rings. The molecule has 3 heteroatoms. The Kier molecular flexibility index (Phi) is 3.90. The number of rotatable bonds is 2. The van der Waals surface area contributed by atoms with Crippen molar-refractivity contribution in [1.82, 2.24) is 0 Å². The molecule has 20 heavy (non-hydrogen) atoms. The van der Waals surface area contributed by atoms with Crippen LogP contribution in [0.25, 0.3) is 0 Å². The molecule has 0 aromatic rings. The summed E-state index contributed by atoms with van der Waals surface area (Å²) in [5.74, 6) is 0.289. The summed E-state index contributed by atoms with van der Waals surface area (Å²) >= 11 is 0. The summed E-state index contributed by atoms with van der Waals surface area (Å²) in [5.41, 5.74) is 2.97. The fourth-order valence-corrected chi connectivity index (χ4v) is 3.65. The number of fused-ring (bicyclic) bond motifs is 1. The van der Waals surface area contributed by atoms with Crippen LogP contribution in [0, 0.1) is 11.3 Å². The number of Topliss-reactive ketones (excluding diaryl/α,β-unsaturated/α-hetero) is 1. The zero-order chi connectivity index (χ0) is 15.1. The minimum atomic E-state index is -0.243. The number of ether oxygens (including phenoxy) is 1. The van der Waals surface area contributed by atoms with Gasteiger partial charge in [0.15, 0.2) is 5.78 Å². The van der Waals surface area contributed by atoms with Gasteiger partial charge in [0.2, 0.25) is 0 Å². The molecule has 110 valence electrons. The van der Waals surface area contributed by atoms with Crippen molar-refractivity contribution in [2.75, 3.05) is 0 Å². The van der Waals surface area contributed by atoms with Crippen molar-refractivity contribution in [1.29, 1.82) is 0 Å². The molecule has 0 aromatic carbocycles. The Morgan fingerprint density at radius 3 is 2.60 bits per heavy atom. The maximum atomic E-state index is 12.0. The fourth-order valence-electron chi connectivity index (χ4n) is 3.65. The predicted octanol–water partition coefficient (Wildman–Crippen LogP) is 3.59. The van der Waals surface area contributed by atoms with Crippen molar-refractivity contribution in [3.63, 3.8) is 0 Å². The second-order valence-electron chi connectivity index (χ2n) is 6.53. The van der Waals surface area contributed by atoms with Crippen LogP contribution >= 0.6 is 0 Å². The summed E-state index contributed by atoms with van der Waals surface area (Å²) < 4.78 is 5.60. The van der Waals surface area contributed by atoms with Crippen molar-refractivity contribution in [2.45, 2.75) is 59.5 Å². The second kappa shape index (κ2) is 5.19. The molecule has 0 amide bonds. The van der Waals surface area contributed by atoms with Gasteiger partial charge in [0.25, 0.3) is 0 Å². The highest BCUT2D eigenvalue weighted by Crippen LogP contribution is 2.52. The summed E-state index contributed by atoms with van der Waals surface area (Å²) in [6.07, 6.45) is 2.88. The van der Waals surface area contributed by atoms with Gasteiger partial charge in [0.1, 0.15) is 6.10 Å². The Bertz CT molecular complexity index is 500. The van der Waals surface area contributed by atoms with Gasteiger partial charge < -0.3 is 4.74 Å². The third-order valence-electron chi connectivity index (χ3n) is 5.10. The Morgan fingerprint density at radius 2 is 2.05 bits per heavy atom. The van der Waals surface area contributed by atoms with E-state index in [1.165, 1.54) is 12.5 Å². The van der Waals surface area contributed by atoms with E-state index in [4.69, 9.17) is 4.74 Å². The number of hydrogen-bond donors (Lipinski definition) is 0. The zero-order valence-electron chi connectivity index (χ0n) is 12.9. The summed E-state index contributed by atoms with van der Waals surface area (Å²) in [6, 6.07) is 0. The summed E-state index contributed by atoms with van der Waals surface area (Å²) in [6.45, 7) is 11.6. The van der Waals surface area contributed by atoms with Crippen molar-refractivity contribution in [3.8, 4) is 0 Å². The van der Waals surface area contributed by atoms with Crippen molar-refractivity contribution in [3.05, 3.63) is 23.3 Å². The van der Waals surface area contributed by atoms with Crippen LogP contribution < -0.4 is 0 Å². The van der Waals surface area contributed by atoms with E-state index in [2.05, 4.69) is 13.5 Å². The number of carbonyl (C=O) groups is 2. The van der Waals surface area contributed by atoms with E-state index in [0.29, 0.717) is 12.3 Å². The van der Waals surface area contributed by atoms with E-state index in [1.807, 2.05) is 13.8 Å². The normalized spacial score (nSPS) is 33.7. The standard InChI is InChI=1S/C17H24O3/c1-10(2)13-8-14-11(3)15(19)6-7-17(14,5)16(9-13)20-12(4)18/h13,16H,1,6-9H2,2-5H3/t13-,16+,17+/m0/s1. The lowest BCUT2D eigenvalue weighted by molar-refractivity contribution is -0.155. The molecule has 3 atom stereocenters. The van der Waals surface area contributed by atoms with Crippen LogP contribution in [-0.2, 0) is 14.3 Å². The average Bonchev–Trinajstić information content (AvgIpc) is 2.35. The molecule has 0 unspecified atom stereocenters. The van der Waals surface area contributed by atoms with Gasteiger partial charge in [-0.1, -0.05) is 24.6 Å². The van der Waals surface area contributed by atoms with Crippen molar-refractivity contribution in [2.24, 2.45) is 11.3 Å². The largest absolute Gasteiger partial charge is 0.462 e. The smallest absolute Gasteiger partial charge is 0.302 e. The molecule has 0 N–H and O–H groups in total. The van der Waals surface area contributed by atoms with Crippen LogP contribution in [0.5, 0.6) is 0 Å². The zero-order valence-corrected chi connectivity index (χ0v) is 12.9. The van der Waals surface area contributed by atoms with Crippen LogP contribution in [0.4, 0.5) is 0 Å². The van der Waals surface area contributed by atoms with Crippen LogP contribution in [0.15, 0.2) is 23.3 Å². The lowest BCUT2D eigenvalue weighted by Gasteiger charge is -2.48. The van der Waals surface area contributed by atoms with E-state index in [1.54, 1.807) is 0 Å². The molecule has 3 nitrogen and oxygen atoms in total. The minimum Gasteiger partial charge on any atom is -0.462 e. The first-order valence-electron chi connectivity index (χ1n) is 7.31. The fraction of sp³-hybridized carbons (Fsp3) is 0.647. The number of allylic oxidation sites excluding steroid dienone is 2. The Morgan fingerprint density at radius 1 is 1.40 bits per heavy atom. The first-order chi connectivity index (χ1) is 9.25. The summed E-state index contributed by atoms with van der Waals surface area (Å²) in [7, 11) is 0. The van der Waals surface area contributed by atoms with Gasteiger partial charge in [-0.3, -0.25) is 9.59 Å². The molecule has 0 spiro atoms. The van der Waals surface area contributed by atoms with Gasteiger partial charge in [0, 0.05) is 18.8 Å². The van der Waals surface area contributed by atoms with Crippen LogP contribution in [0.2, 0.25) is 0 Å². The van der Waals surface area contributed by atoms with E-state index in [0.717, 1.165) is 30.4 Å². The molecule has 0 heterocycles. The summed E-state index contributed by atoms with van der Waals surface area (Å²) in [4.78, 5) is 23.4. The summed E-state index contributed by atoms with van der Waals surface area (Å²) in [5, 5.41) is 0. The Hall–Kier alpha value is -1.38. The van der Waals surface area contributed by atoms with Gasteiger partial charge >= 0.3 is 5.97 Å². The van der Waals surface area contributed by atoms with Gasteiger partial charge in [-0.25, -0.2) is 0 Å². The molecule has 0 radical (unpaired) electrons. The first kappa shape index (κ1) is 15.0. The lowest BCUT2D eigenvalue weighted by atomic mass is 9.59. The molecular formula is C17H24O3. The van der Waals surface area contributed by atoms with E-state index >= 15 is 0 Å². The van der Waals surface area contributed by atoms with Gasteiger partial charge in [-0.2, -0.15) is 0 Å². The maximum Gasteiger partial charge on any atom is 0.302 e. The molecule has 0 aromatic heterocycles. The SMILES string of the molecule is C=C(C)[C@H]1CC2=C(C)C(=O)CC[C@@]2(C)[C@H](OC(C)=O)C1. The molecule has 0 saturated heterocycles.